The standard InChI is InChI=1S/C26H45N3O5S/c1-19(2)16-28(17-20(3)4)26(32)27-15-9-8-10-24(25(30)31)29(18-21(5)6)35(33,34)23-13-11-22(7)12-14-23/h11-14,19-21,24H,8-10,15-18H2,1-7H3,(H,27,32)(H,30,31)/t24-/m0/s1. The summed E-state index contributed by atoms with van der Waals surface area (Å²) in [4.78, 5) is 26.6. The summed E-state index contributed by atoms with van der Waals surface area (Å²) in [6, 6.07) is 5.17. The van der Waals surface area contributed by atoms with E-state index in [4.69, 9.17) is 0 Å². The topological polar surface area (TPSA) is 107 Å². The number of amides is 2. The lowest BCUT2D eigenvalue weighted by atomic mass is 10.1. The number of rotatable bonds is 15. The molecule has 0 saturated carbocycles. The monoisotopic (exact) mass is 511 g/mol. The molecule has 0 saturated heterocycles. The lowest BCUT2D eigenvalue weighted by molar-refractivity contribution is -0.141. The van der Waals surface area contributed by atoms with Gasteiger partial charge in [0.25, 0.3) is 0 Å². The van der Waals surface area contributed by atoms with Crippen molar-refractivity contribution in [3.63, 3.8) is 0 Å². The molecule has 0 unspecified atom stereocenters. The molecule has 0 spiro atoms. The number of nitrogens with zero attached hydrogens (tertiary/aromatic N) is 2. The van der Waals surface area contributed by atoms with Gasteiger partial charge in [0, 0.05) is 26.2 Å². The molecule has 1 aromatic rings. The Hall–Kier alpha value is -2.13. The molecule has 0 fully saturated rings. The smallest absolute Gasteiger partial charge is 0.322 e. The highest BCUT2D eigenvalue weighted by atomic mass is 32.2. The summed E-state index contributed by atoms with van der Waals surface area (Å²) in [7, 11) is -3.97. The molecule has 35 heavy (non-hydrogen) atoms. The fraction of sp³-hybridized carbons (Fsp3) is 0.692. The Labute approximate surface area is 212 Å². The number of aryl methyl sites for hydroxylation is 1. The molecule has 1 aromatic carbocycles. The molecule has 200 valence electrons. The highest BCUT2D eigenvalue weighted by molar-refractivity contribution is 7.89. The van der Waals surface area contributed by atoms with E-state index in [0.29, 0.717) is 44.3 Å². The SMILES string of the molecule is Cc1ccc(S(=O)(=O)N(CC(C)C)[C@@H](CCCCNC(=O)N(CC(C)C)CC(C)C)C(=O)O)cc1. The first-order valence-electron chi connectivity index (χ1n) is 12.6. The Morgan fingerprint density at radius 1 is 0.886 bits per heavy atom. The van der Waals surface area contributed by atoms with Crippen molar-refractivity contribution in [1.29, 1.82) is 0 Å². The van der Waals surface area contributed by atoms with Crippen LogP contribution in [0.5, 0.6) is 0 Å². The van der Waals surface area contributed by atoms with E-state index in [1.54, 1.807) is 12.1 Å². The van der Waals surface area contributed by atoms with E-state index in [9.17, 15) is 23.1 Å². The minimum atomic E-state index is -3.97. The van der Waals surface area contributed by atoms with E-state index in [0.717, 1.165) is 9.87 Å². The van der Waals surface area contributed by atoms with Gasteiger partial charge >= 0.3 is 12.0 Å². The van der Waals surface area contributed by atoms with E-state index >= 15 is 0 Å². The van der Waals surface area contributed by atoms with Gasteiger partial charge in [-0.25, -0.2) is 13.2 Å². The fourth-order valence-electron chi connectivity index (χ4n) is 3.88. The Morgan fingerprint density at radius 2 is 1.40 bits per heavy atom. The minimum absolute atomic E-state index is 0.0377. The van der Waals surface area contributed by atoms with Crippen LogP contribution in [-0.4, -0.2) is 67.0 Å². The largest absolute Gasteiger partial charge is 0.480 e. The van der Waals surface area contributed by atoms with Crippen molar-refractivity contribution in [2.24, 2.45) is 17.8 Å². The van der Waals surface area contributed by atoms with Gasteiger partial charge in [-0.15, -0.1) is 0 Å². The summed E-state index contributed by atoms with van der Waals surface area (Å²) in [6.45, 7) is 15.7. The third-order valence-corrected chi connectivity index (χ3v) is 7.33. The number of unbranched alkanes of at least 4 members (excludes halogenated alkanes) is 1. The van der Waals surface area contributed by atoms with Crippen LogP contribution in [0.4, 0.5) is 4.79 Å². The second kappa shape index (κ2) is 14.4. The van der Waals surface area contributed by atoms with Gasteiger partial charge in [0.05, 0.1) is 4.90 Å². The lowest BCUT2D eigenvalue weighted by Gasteiger charge is -2.30. The normalized spacial score (nSPS) is 13.0. The van der Waals surface area contributed by atoms with Gasteiger partial charge in [0.15, 0.2) is 0 Å². The zero-order chi connectivity index (χ0) is 26.8. The number of carbonyl (C=O) groups excluding carboxylic acids is 1. The predicted octanol–water partition coefficient (Wildman–Crippen LogP) is 4.59. The molecular formula is C26H45N3O5S. The molecular weight excluding hydrogens is 466 g/mol. The van der Waals surface area contributed by atoms with Crippen molar-refractivity contribution in [2.75, 3.05) is 26.2 Å². The van der Waals surface area contributed by atoms with Crippen molar-refractivity contribution < 1.29 is 23.1 Å². The Balaban J connectivity index is 2.83. The first kappa shape index (κ1) is 30.9. The lowest BCUT2D eigenvalue weighted by Crippen LogP contribution is -2.47. The number of sulfonamides is 1. The van der Waals surface area contributed by atoms with Crippen LogP contribution in [-0.2, 0) is 14.8 Å². The third-order valence-electron chi connectivity index (χ3n) is 5.44. The van der Waals surface area contributed by atoms with E-state index in [1.807, 2.05) is 25.7 Å². The van der Waals surface area contributed by atoms with Crippen molar-refractivity contribution >= 4 is 22.0 Å². The molecule has 2 N–H and O–H groups in total. The zero-order valence-corrected chi connectivity index (χ0v) is 23.3. The van der Waals surface area contributed by atoms with E-state index < -0.39 is 22.0 Å². The average Bonchev–Trinajstić information content (AvgIpc) is 2.73. The molecule has 1 atom stereocenters. The molecule has 0 aliphatic rings. The summed E-state index contributed by atoms with van der Waals surface area (Å²) >= 11 is 0. The Kier molecular flexibility index (Phi) is 12.7. The molecule has 0 radical (unpaired) electrons. The highest BCUT2D eigenvalue weighted by Crippen LogP contribution is 2.23. The number of urea groups is 1. The van der Waals surface area contributed by atoms with Crippen LogP contribution < -0.4 is 5.32 Å². The highest BCUT2D eigenvalue weighted by Gasteiger charge is 2.36. The molecule has 0 bridgehead atoms. The van der Waals surface area contributed by atoms with Crippen LogP contribution in [0.2, 0.25) is 0 Å². The van der Waals surface area contributed by atoms with E-state index in [2.05, 4.69) is 33.0 Å². The van der Waals surface area contributed by atoms with Crippen LogP contribution in [0, 0.1) is 24.7 Å². The molecule has 2 amide bonds. The summed E-state index contributed by atoms with van der Waals surface area (Å²) in [5.41, 5.74) is 0.927. The van der Waals surface area contributed by atoms with Crippen molar-refractivity contribution in [3.05, 3.63) is 29.8 Å². The summed E-state index contributed by atoms with van der Waals surface area (Å²) < 4.78 is 27.8. The summed E-state index contributed by atoms with van der Waals surface area (Å²) in [5.74, 6) is -0.480. The maximum atomic E-state index is 13.4. The van der Waals surface area contributed by atoms with Crippen molar-refractivity contribution in [2.45, 2.75) is 78.7 Å². The van der Waals surface area contributed by atoms with Gasteiger partial charge in [-0.1, -0.05) is 59.2 Å². The van der Waals surface area contributed by atoms with Gasteiger partial charge in [-0.2, -0.15) is 4.31 Å². The van der Waals surface area contributed by atoms with Crippen LogP contribution in [0.3, 0.4) is 0 Å². The molecule has 0 aromatic heterocycles. The van der Waals surface area contributed by atoms with Gasteiger partial charge in [0.1, 0.15) is 6.04 Å². The Morgan fingerprint density at radius 3 is 1.86 bits per heavy atom. The second-order valence-electron chi connectivity index (χ2n) is 10.6. The average molecular weight is 512 g/mol. The van der Waals surface area contributed by atoms with Gasteiger partial charge in [-0.05, 0) is 56.1 Å². The number of aliphatic carboxylic acids is 1. The van der Waals surface area contributed by atoms with Crippen molar-refractivity contribution in [3.8, 4) is 0 Å². The van der Waals surface area contributed by atoms with E-state index in [1.165, 1.54) is 12.1 Å². The first-order chi connectivity index (χ1) is 16.2. The Bertz CT molecular complexity index is 888. The fourth-order valence-corrected chi connectivity index (χ4v) is 5.66. The van der Waals surface area contributed by atoms with Crippen LogP contribution in [0.25, 0.3) is 0 Å². The van der Waals surface area contributed by atoms with E-state index in [-0.39, 0.29) is 29.8 Å². The van der Waals surface area contributed by atoms with Gasteiger partial charge in [0.2, 0.25) is 10.0 Å². The van der Waals surface area contributed by atoms with Gasteiger partial charge < -0.3 is 15.3 Å². The predicted molar refractivity (Wildman–Crippen MR) is 140 cm³/mol. The molecule has 1 rings (SSSR count). The first-order valence-corrected chi connectivity index (χ1v) is 14.0. The molecule has 0 aliphatic heterocycles. The second-order valence-corrected chi connectivity index (χ2v) is 12.4. The zero-order valence-electron chi connectivity index (χ0n) is 22.5. The number of benzene rings is 1. The quantitative estimate of drug-likeness (QED) is 0.335. The number of carboxylic acid groups (broad SMARTS) is 1. The number of hydrogen-bond acceptors (Lipinski definition) is 4. The molecule has 9 heteroatoms. The molecule has 0 heterocycles. The molecule has 0 aliphatic carbocycles. The van der Waals surface area contributed by atoms with Crippen LogP contribution in [0.15, 0.2) is 29.2 Å². The number of carbonyl (C=O) groups is 2. The van der Waals surface area contributed by atoms with Crippen LogP contribution in [0.1, 0.15) is 66.4 Å². The number of carboxylic acids is 1. The third kappa shape index (κ3) is 10.6. The maximum Gasteiger partial charge on any atom is 0.322 e. The van der Waals surface area contributed by atoms with Crippen LogP contribution >= 0.6 is 0 Å². The number of hydrogen-bond donors (Lipinski definition) is 2. The maximum absolute atomic E-state index is 13.4. The summed E-state index contributed by atoms with van der Waals surface area (Å²) in [6.07, 6.45) is 1.21. The number of nitrogens with one attached hydrogen (secondary N) is 1. The van der Waals surface area contributed by atoms with Gasteiger partial charge in [-0.3, -0.25) is 4.79 Å². The summed E-state index contributed by atoms with van der Waals surface area (Å²) in [5, 5.41) is 12.8. The minimum Gasteiger partial charge on any atom is -0.480 e. The van der Waals surface area contributed by atoms with Crippen molar-refractivity contribution in [1.82, 2.24) is 14.5 Å². The molecule has 8 nitrogen and oxygen atoms in total.